The van der Waals surface area contributed by atoms with E-state index in [0.717, 1.165) is 0 Å². The number of benzene rings is 1. The number of rotatable bonds is 0. The number of phenolic OH excluding ortho intramolecular Hbond substituents is 1. The van der Waals surface area contributed by atoms with Crippen LogP contribution in [0.15, 0.2) is 18.2 Å². The van der Waals surface area contributed by atoms with Crippen molar-refractivity contribution in [1.82, 2.24) is 4.90 Å². The number of aryl methyl sites for hydroxylation is 1. The highest BCUT2D eigenvalue weighted by Gasteiger charge is 2.57. The number of aromatic hydroxyl groups is 1. The van der Waals surface area contributed by atoms with Gasteiger partial charge in [0.25, 0.3) is 0 Å². The minimum Gasteiger partial charge on any atom is -0.508 e. The maximum Gasteiger partial charge on any atom is 0.115 e. The van der Waals surface area contributed by atoms with E-state index in [9.17, 15) is 5.11 Å². The Hall–Kier alpha value is -1.02. The molecule has 1 saturated heterocycles. The average molecular weight is 271 g/mol. The summed E-state index contributed by atoms with van der Waals surface area (Å²) in [6.07, 6.45) is 9.29. The maximum absolute atomic E-state index is 10.0. The number of fused-ring (bicyclic) bond motifs is 1. The number of piperidine rings is 1. The van der Waals surface area contributed by atoms with Crippen molar-refractivity contribution in [3.63, 3.8) is 0 Å². The lowest BCUT2D eigenvalue weighted by Crippen LogP contribution is -2.60. The van der Waals surface area contributed by atoms with Crippen molar-refractivity contribution < 1.29 is 5.11 Å². The summed E-state index contributed by atoms with van der Waals surface area (Å²) in [5.74, 6) is 0.457. The summed E-state index contributed by atoms with van der Waals surface area (Å²) in [5.41, 5.74) is 3.82. The zero-order valence-electron chi connectivity index (χ0n) is 12.5. The van der Waals surface area contributed by atoms with E-state index in [1.54, 1.807) is 0 Å². The normalized spacial score (nSPS) is 36.9. The van der Waals surface area contributed by atoms with E-state index in [1.165, 1.54) is 69.2 Å². The van der Waals surface area contributed by atoms with Gasteiger partial charge in [0.1, 0.15) is 5.75 Å². The summed E-state index contributed by atoms with van der Waals surface area (Å²) in [6.45, 7) is 2.46. The molecule has 2 atom stereocenters. The van der Waals surface area contributed by atoms with Crippen LogP contribution >= 0.6 is 0 Å². The standard InChI is InChI=1S/C18H25NO/c1-19-11-10-18-8-3-2-7-17(18,13-19)9-6-14-4-5-15(20)12-16(14)18/h4-5,12,20H,2-3,6-11,13H2,1H3. The molecule has 108 valence electrons. The molecule has 1 aromatic rings. The first-order valence-corrected chi connectivity index (χ1v) is 8.16. The molecule has 2 heteroatoms. The number of nitrogens with zero attached hydrogens (tertiary/aromatic N) is 1. The zero-order valence-corrected chi connectivity index (χ0v) is 12.5. The molecule has 20 heavy (non-hydrogen) atoms. The minimum atomic E-state index is 0.351. The van der Waals surface area contributed by atoms with Crippen molar-refractivity contribution in [3.8, 4) is 5.75 Å². The van der Waals surface area contributed by atoms with Crippen LogP contribution in [0.3, 0.4) is 0 Å². The molecule has 1 saturated carbocycles. The molecular formula is C18H25NO. The highest BCUT2D eigenvalue weighted by atomic mass is 16.3. The van der Waals surface area contributed by atoms with Crippen LogP contribution in [0.1, 0.15) is 49.7 Å². The summed E-state index contributed by atoms with van der Waals surface area (Å²) >= 11 is 0. The molecule has 0 spiro atoms. The van der Waals surface area contributed by atoms with Gasteiger partial charge in [-0.3, -0.25) is 0 Å². The lowest BCUT2D eigenvalue weighted by molar-refractivity contribution is -0.0398. The van der Waals surface area contributed by atoms with Crippen LogP contribution in [0.2, 0.25) is 0 Å². The van der Waals surface area contributed by atoms with Gasteiger partial charge in [-0.15, -0.1) is 0 Å². The monoisotopic (exact) mass is 271 g/mol. The lowest BCUT2D eigenvalue weighted by Gasteiger charge is -2.62. The maximum atomic E-state index is 10.0. The van der Waals surface area contributed by atoms with Crippen molar-refractivity contribution in [3.05, 3.63) is 29.3 Å². The largest absolute Gasteiger partial charge is 0.508 e. The number of hydrogen-bond acceptors (Lipinski definition) is 2. The Kier molecular flexibility index (Phi) is 2.69. The van der Waals surface area contributed by atoms with Crippen LogP contribution < -0.4 is 0 Å². The van der Waals surface area contributed by atoms with Gasteiger partial charge in [0.05, 0.1) is 0 Å². The summed E-state index contributed by atoms with van der Waals surface area (Å²) < 4.78 is 0. The number of likely N-dealkylation sites (tertiary alicyclic amines) is 1. The molecule has 2 fully saturated rings. The van der Waals surface area contributed by atoms with Crippen LogP contribution in [0.5, 0.6) is 5.75 Å². The Morgan fingerprint density at radius 1 is 1.10 bits per heavy atom. The second kappa shape index (κ2) is 4.24. The van der Waals surface area contributed by atoms with Gasteiger partial charge in [-0.25, -0.2) is 0 Å². The Labute approximate surface area is 121 Å². The molecule has 1 N–H and O–H groups in total. The van der Waals surface area contributed by atoms with Gasteiger partial charge in [0.2, 0.25) is 0 Å². The lowest BCUT2D eigenvalue weighted by atomic mass is 9.46. The van der Waals surface area contributed by atoms with Crippen LogP contribution in [0.25, 0.3) is 0 Å². The van der Waals surface area contributed by atoms with E-state index >= 15 is 0 Å². The van der Waals surface area contributed by atoms with Crippen LogP contribution in [-0.2, 0) is 11.8 Å². The number of phenols is 1. The molecule has 2 aliphatic carbocycles. The Balaban J connectivity index is 1.90. The van der Waals surface area contributed by atoms with Gasteiger partial charge in [-0.1, -0.05) is 18.9 Å². The van der Waals surface area contributed by atoms with E-state index in [2.05, 4.69) is 24.1 Å². The third kappa shape index (κ3) is 1.54. The molecule has 2 unspecified atom stereocenters. The second-order valence-corrected chi connectivity index (χ2v) is 7.40. The van der Waals surface area contributed by atoms with E-state index < -0.39 is 0 Å². The van der Waals surface area contributed by atoms with Crippen molar-refractivity contribution in [2.75, 3.05) is 20.1 Å². The quantitative estimate of drug-likeness (QED) is 0.781. The molecule has 2 nitrogen and oxygen atoms in total. The van der Waals surface area contributed by atoms with Crippen molar-refractivity contribution >= 4 is 0 Å². The van der Waals surface area contributed by atoms with Gasteiger partial charge in [-0.05, 0) is 74.4 Å². The highest BCUT2D eigenvalue weighted by Crippen LogP contribution is 2.61. The topological polar surface area (TPSA) is 23.5 Å². The first-order chi connectivity index (χ1) is 9.65. The Bertz CT molecular complexity index is 540. The van der Waals surface area contributed by atoms with E-state index in [-0.39, 0.29) is 0 Å². The molecule has 0 aromatic heterocycles. The van der Waals surface area contributed by atoms with Crippen molar-refractivity contribution in [1.29, 1.82) is 0 Å². The van der Waals surface area contributed by atoms with Gasteiger partial charge in [0, 0.05) is 12.0 Å². The predicted molar refractivity (Wildman–Crippen MR) is 81.1 cm³/mol. The predicted octanol–water partition coefficient (Wildman–Crippen LogP) is 3.47. The SMILES string of the molecule is CN1CCC23CCCCC2(CCc2ccc(O)cc23)C1. The Morgan fingerprint density at radius 2 is 1.95 bits per heavy atom. The molecule has 1 aliphatic heterocycles. The third-order valence-electron chi connectivity index (χ3n) is 6.50. The molecule has 3 aliphatic rings. The summed E-state index contributed by atoms with van der Waals surface area (Å²) in [4.78, 5) is 2.54. The second-order valence-electron chi connectivity index (χ2n) is 7.40. The summed E-state index contributed by atoms with van der Waals surface area (Å²) in [6, 6.07) is 6.15. The van der Waals surface area contributed by atoms with Crippen LogP contribution in [-0.4, -0.2) is 30.1 Å². The Morgan fingerprint density at radius 3 is 2.85 bits per heavy atom. The fourth-order valence-electron chi connectivity index (χ4n) is 5.59. The molecule has 1 heterocycles. The molecule has 4 rings (SSSR count). The fraction of sp³-hybridized carbons (Fsp3) is 0.667. The van der Waals surface area contributed by atoms with E-state index in [1.807, 2.05) is 6.07 Å². The molecule has 0 radical (unpaired) electrons. The van der Waals surface area contributed by atoms with Gasteiger partial charge < -0.3 is 10.0 Å². The smallest absolute Gasteiger partial charge is 0.115 e. The molecule has 1 aromatic carbocycles. The summed E-state index contributed by atoms with van der Waals surface area (Å²) in [7, 11) is 2.28. The van der Waals surface area contributed by atoms with Crippen LogP contribution in [0, 0.1) is 5.41 Å². The van der Waals surface area contributed by atoms with E-state index in [0.29, 0.717) is 16.6 Å². The first-order valence-electron chi connectivity index (χ1n) is 8.16. The molecule has 0 amide bonds. The average Bonchev–Trinajstić information content (AvgIpc) is 2.46. The highest BCUT2D eigenvalue weighted by molar-refractivity contribution is 5.45. The van der Waals surface area contributed by atoms with E-state index in [4.69, 9.17) is 0 Å². The van der Waals surface area contributed by atoms with Gasteiger partial charge in [0.15, 0.2) is 0 Å². The summed E-state index contributed by atoms with van der Waals surface area (Å²) in [5, 5.41) is 10.0. The minimum absolute atomic E-state index is 0.351. The van der Waals surface area contributed by atoms with Crippen molar-refractivity contribution in [2.45, 2.75) is 50.4 Å². The number of hydrogen-bond donors (Lipinski definition) is 1. The van der Waals surface area contributed by atoms with Gasteiger partial charge >= 0.3 is 0 Å². The molecular weight excluding hydrogens is 246 g/mol. The van der Waals surface area contributed by atoms with Crippen LogP contribution in [0.4, 0.5) is 0 Å². The fourth-order valence-corrected chi connectivity index (χ4v) is 5.59. The van der Waals surface area contributed by atoms with Crippen molar-refractivity contribution in [2.24, 2.45) is 5.41 Å². The molecule has 0 bridgehead atoms. The zero-order chi connectivity index (χ0) is 13.8. The first kappa shape index (κ1) is 12.7. The van der Waals surface area contributed by atoms with Gasteiger partial charge in [-0.2, -0.15) is 0 Å². The third-order valence-corrected chi connectivity index (χ3v) is 6.50.